The Kier molecular flexibility index (Phi) is 5.38. The van der Waals surface area contributed by atoms with Crippen molar-refractivity contribution in [2.24, 2.45) is 0 Å². The molecular weight excluding hydrogens is 256 g/mol. The van der Waals surface area contributed by atoms with Crippen molar-refractivity contribution in [3.8, 4) is 0 Å². The van der Waals surface area contributed by atoms with Crippen molar-refractivity contribution in [1.29, 1.82) is 0 Å². The number of nitrogens with one attached hydrogen (secondary N) is 1. The highest BCUT2D eigenvalue weighted by Crippen LogP contribution is 2.23. The Balaban J connectivity index is 1.98. The zero-order chi connectivity index (χ0) is 14.4. The molecule has 0 bridgehead atoms. The monoisotopic (exact) mass is 278 g/mol. The Morgan fingerprint density at radius 2 is 2.15 bits per heavy atom. The first-order valence-electron chi connectivity index (χ1n) is 7.11. The first-order valence-corrected chi connectivity index (χ1v) is 7.11. The molecule has 110 valence electrons. The zero-order valence-electron chi connectivity index (χ0n) is 11.9. The molecule has 2 N–H and O–H groups in total. The quantitative estimate of drug-likeness (QED) is 0.839. The van der Waals surface area contributed by atoms with Crippen molar-refractivity contribution in [3.05, 3.63) is 29.3 Å². The summed E-state index contributed by atoms with van der Waals surface area (Å²) in [7, 11) is 0. The average Bonchev–Trinajstić information content (AvgIpc) is 2.90. The van der Waals surface area contributed by atoms with Gasteiger partial charge < -0.3 is 20.1 Å². The number of ether oxygens (including phenoxy) is 1. The van der Waals surface area contributed by atoms with Gasteiger partial charge in [0.2, 0.25) is 0 Å². The summed E-state index contributed by atoms with van der Waals surface area (Å²) in [4.78, 5) is 13.8. The van der Waals surface area contributed by atoms with Gasteiger partial charge in [0, 0.05) is 18.8 Å². The van der Waals surface area contributed by atoms with Crippen LogP contribution in [0.3, 0.4) is 0 Å². The zero-order valence-corrected chi connectivity index (χ0v) is 11.9. The number of hydrogen-bond donors (Lipinski definition) is 2. The van der Waals surface area contributed by atoms with E-state index in [0.29, 0.717) is 26.3 Å². The molecular formula is C15H22N2O3. The van der Waals surface area contributed by atoms with E-state index >= 15 is 0 Å². The van der Waals surface area contributed by atoms with Crippen molar-refractivity contribution in [1.82, 2.24) is 4.90 Å². The first kappa shape index (κ1) is 14.8. The lowest BCUT2D eigenvalue weighted by atomic mass is 10.1. The van der Waals surface area contributed by atoms with E-state index in [9.17, 15) is 4.79 Å². The van der Waals surface area contributed by atoms with Crippen LogP contribution in [0, 0.1) is 0 Å². The van der Waals surface area contributed by atoms with Crippen molar-refractivity contribution < 1.29 is 14.6 Å². The van der Waals surface area contributed by atoms with E-state index in [4.69, 9.17) is 9.84 Å². The highest BCUT2D eigenvalue weighted by Gasteiger charge is 2.15. The average molecular weight is 278 g/mol. The van der Waals surface area contributed by atoms with Gasteiger partial charge in [-0.2, -0.15) is 0 Å². The fourth-order valence-electron chi connectivity index (χ4n) is 2.24. The van der Waals surface area contributed by atoms with Gasteiger partial charge in [-0.05, 0) is 29.7 Å². The summed E-state index contributed by atoms with van der Waals surface area (Å²) in [5.41, 5.74) is 3.09. The van der Waals surface area contributed by atoms with Crippen LogP contribution < -0.4 is 5.32 Å². The summed E-state index contributed by atoms with van der Waals surface area (Å²) in [6.45, 7) is 4.34. The highest BCUT2D eigenvalue weighted by molar-refractivity contribution is 5.89. The maximum absolute atomic E-state index is 12.2. The molecule has 5 heteroatoms. The maximum atomic E-state index is 12.2. The molecule has 2 amide bonds. The lowest BCUT2D eigenvalue weighted by molar-refractivity contribution is 0.134. The second kappa shape index (κ2) is 7.26. The minimum Gasteiger partial charge on any atom is -0.395 e. The van der Waals surface area contributed by atoms with Gasteiger partial charge in [-0.1, -0.05) is 19.4 Å². The van der Waals surface area contributed by atoms with Gasteiger partial charge in [-0.3, -0.25) is 0 Å². The van der Waals surface area contributed by atoms with Crippen LogP contribution >= 0.6 is 0 Å². The van der Waals surface area contributed by atoms with Gasteiger partial charge in [0.1, 0.15) is 0 Å². The molecule has 0 aliphatic carbocycles. The van der Waals surface area contributed by atoms with Crippen molar-refractivity contribution in [2.75, 3.05) is 25.0 Å². The standard InChI is InChI=1S/C15H22N2O3/c1-2-3-6-17(7-8-18)15(19)16-14-5-4-12-10-20-11-13(12)9-14/h4-5,9,18H,2-3,6-8,10-11H2,1H3,(H,16,19). The molecule has 1 aliphatic heterocycles. The molecule has 0 spiro atoms. The van der Waals surface area contributed by atoms with E-state index in [1.54, 1.807) is 4.90 Å². The van der Waals surface area contributed by atoms with Gasteiger partial charge in [-0.25, -0.2) is 4.79 Å². The molecule has 1 aliphatic rings. The van der Waals surface area contributed by atoms with Gasteiger partial charge in [0.05, 0.1) is 19.8 Å². The predicted octanol–water partition coefficient (Wildman–Crippen LogP) is 2.34. The molecule has 0 aromatic heterocycles. The number of aliphatic hydroxyl groups excluding tert-OH is 1. The van der Waals surface area contributed by atoms with Gasteiger partial charge in [0.25, 0.3) is 0 Å². The minimum absolute atomic E-state index is 0.0187. The number of amides is 2. The van der Waals surface area contributed by atoms with Crippen molar-refractivity contribution in [3.63, 3.8) is 0 Å². The number of carbonyl (C=O) groups is 1. The first-order chi connectivity index (χ1) is 9.74. The molecule has 0 atom stereocenters. The van der Waals surface area contributed by atoms with E-state index in [1.165, 1.54) is 5.56 Å². The number of hydrogen-bond acceptors (Lipinski definition) is 3. The molecule has 0 fully saturated rings. The molecule has 0 radical (unpaired) electrons. The predicted molar refractivity (Wildman–Crippen MR) is 77.5 cm³/mol. The fourth-order valence-corrected chi connectivity index (χ4v) is 2.24. The van der Waals surface area contributed by atoms with E-state index in [0.717, 1.165) is 24.1 Å². The molecule has 1 aromatic rings. The molecule has 1 aromatic carbocycles. The lowest BCUT2D eigenvalue weighted by Gasteiger charge is -2.22. The number of aliphatic hydroxyl groups is 1. The number of unbranched alkanes of at least 4 members (excludes halogenated alkanes) is 1. The van der Waals surface area contributed by atoms with E-state index in [2.05, 4.69) is 12.2 Å². The van der Waals surface area contributed by atoms with Crippen molar-refractivity contribution in [2.45, 2.75) is 33.0 Å². The number of fused-ring (bicyclic) bond motifs is 1. The van der Waals surface area contributed by atoms with Crippen molar-refractivity contribution >= 4 is 11.7 Å². The molecule has 0 saturated carbocycles. The van der Waals surface area contributed by atoms with Crippen LogP contribution in [0.1, 0.15) is 30.9 Å². The molecule has 1 heterocycles. The Hall–Kier alpha value is -1.59. The molecule has 5 nitrogen and oxygen atoms in total. The third-order valence-electron chi connectivity index (χ3n) is 3.41. The van der Waals surface area contributed by atoms with Crippen LogP contribution in [-0.4, -0.2) is 35.7 Å². The largest absolute Gasteiger partial charge is 0.395 e. The fraction of sp³-hybridized carbons (Fsp3) is 0.533. The summed E-state index contributed by atoms with van der Waals surface area (Å²) in [6.07, 6.45) is 1.96. The number of benzene rings is 1. The summed E-state index contributed by atoms with van der Waals surface area (Å²) < 4.78 is 5.36. The SMILES string of the molecule is CCCCN(CCO)C(=O)Nc1ccc2c(c1)COC2. The van der Waals surface area contributed by atoms with Crippen LogP contribution in [0.5, 0.6) is 0 Å². The highest BCUT2D eigenvalue weighted by atomic mass is 16.5. The Morgan fingerprint density at radius 1 is 1.35 bits per heavy atom. The van der Waals surface area contributed by atoms with E-state index < -0.39 is 0 Å². The summed E-state index contributed by atoms with van der Waals surface area (Å²) in [5.74, 6) is 0. The molecule has 0 unspecified atom stereocenters. The topological polar surface area (TPSA) is 61.8 Å². The minimum atomic E-state index is -0.161. The van der Waals surface area contributed by atoms with E-state index in [1.807, 2.05) is 18.2 Å². The molecule has 20 heavy (non-hydrogen) atoms. The summed E-state index contributed by atoms with van der Waals surface area (Å²) >= 11 is 0. The van der Waals surface area contributed by atoms with Gasteiger partial charge in [-0.15, -0.1) is 0 Å². The van der Waals surface area contributed by atoms with Crippen LogP contribution in [0.25, 0.3) is 0 Å². The normalized spacial score (nSPS) is 13.1. The number of carbonyl (C=O) groups excluding carboxylic acids is 1. The Labute approximate surface area is 119 Å². The number of urea groups is 1. The second-order valence-corrected chi connectivity index (χ2v) is 4.97. The van der Waals surface area contributed by atoms with Crippen LogP contribution in [0.15, 0.2) is 18.2 Å². The number of anilines is 1. The lowest BCUT2D eigenvalue weighted by Crippen LogP contribution is -2.37. The number of rotatable bonds is 6. The van der Waals surface area contributed by atoms with Crippen LogP contribution in [0.2, 0.25) is 0 Å². The van der Waals surface area contributed by atoms with Crippen LogP contribution in [0.4, 0.5) is 10.5 Å². The molecule has 2 rings (SSSR count). The smallest absolute Gasteiger partial charge is 0.321 e. The maximum Gasteiger partial charge on any atom is 0.321 e. The summed E-state index contributed by atoms with van der Waals surface area (Å²) in [6, 6.07) is 5.67. The van der Waals surface area contributed by atoms with E-state index in [-0.39, 0.29) is 12.6 Å². The number of nitrogens with zero attached hydrogens (tertiary/aromatic N) is 1. The Morgan fingerprint density at radius 3 is 2.90 bits per heavy atom. The third-order valence-corrected chi connectivity index (χ3v) is 3.41. The third kappa shape index (κ3) is 3.71. The summed E-state index contributed by atoms with van der Waals surface area (Å²) in [5, 5.41) is 11.9. The van der Waals surface area contributed by atoms with Gasteiger partial charge in [0.15, 0.2) is 0 Å². The second-order valence-electron chi connectivity index (χ2n) is 4.97. The van der Waals surface area contributed by atoms with Crippen LogP contribution in [-0.2, 0) is 18.0 Å². The molecule has 0 saturated heterocycles. The Bertz CT molecular complexity index is 462. The van der Waals surface area contributed by atoms with Gasteiger partial charge >= 0.3 is 6.03 Å².